The van der Waals surface area contributed by atoms with E-state index in [1.807, 2.05) is 33.8 Å². The van der Waals surface area contributed by atoms with Crippen molar-refractivity contribution in [2.45, 2.75) is 45.6 Å². The van der Waals surface area contributed by atoms with Gasteiger partial charge >= 0.3 is 0 Å². The summed E-state index contributed by atoms with van der Waals surface area (Å²) >= 11 is 0. The zero-order valence-corrected chi connectivity index (χ0v) is 14.0. The molecular formula is C16H26ClFN2O. The molecule has 120 valence electrons. The first-order chi connectivity index (χ1) is 9.27. The first kappa shape index (κ1) is 19.9. The molecule has 0 heterocycles. The number of benzene rings is 1. The topological polar surface area (TPSA) is 55.1 Å². The van der Waals surface area contributed by atoms with Crippen LogP contribution in [0.15, 0.2) is 24.3 Å². The first-order valence-electron chi connectivity index (χ1n) is 7.07. The van der Waals surface area contributed by atoms with E-state index in [1.54, 1.807) is 6.07 Å². The van der Waals surface area contributed by atoms with Crippen molar-refractivity contribution in [2.75, 3.05) is 6.54 Å². The summed E-state index contributed by atoms with van der Waals surface area (Å²) in [6.45, 7) is 8.34. The maximum atomic E-state index is 13.3. The van der Waals surface area contributed by atoms with Crippen LogP contribution in [0.5, 0.6) is 0 Å². The van der Waals surface area contributed by atoms with Crippen molar-refractivity contribution in [1.82, 2.24) is 5.32 Å². The maximum Gasteiger partial charge on any atom is 0.237 e. The molecule has 2 unspecified atom stereocenters. The van der Waals surface area contributed by atoms with E-state index in [9.17, 15) is 9.18 Å². The van der Waals surface area contributed by atoms with Gasteiger partial charge in [0.2, 0.25) is 5.91 Å². The van der Waals surface area contributed by atoms with Crippen LogP contribution in [0, 0.1) is 11.7 Å². The first-order valence-corrected chi connectivity index (χ1v) is 7.07. The van der Waals surface area contributed by atoms with Gasteiger partial charge in [0.1, 0.15) is 5.82 Å². The Hall–Kier alpha value is -1.13. The van der Waals surface area contributed by atoms with E-state index in [4.69, 9.17) is 5.73 Å². The van der Waals surface area contributed by atoms with Crippen molar-refractivity contribution in [1.29, 1.82) is 0 Å². The molecule has 0 aliphatic heterocycles. The van der Waals surface area contributed by atoms with Crippen molar-refractivity contribution in [3.8, 4) is 0 Å². The van der Waals surface area contributed by atoms with Gasteiger partial charge < -0.3 is 11.1 Å². The lowest BCUT2D eigenvalue weighted by Crippen LogP contribution is -2.47. The molecule has 2 atom stereocenters. The predicted octanol–water partition coefficient (Wildman–Crippen LogP) is 3.01. The van der Waals surface area contributed by atoms with Crippen LogP contribution in [-0.4, -0.2) is 18.5 Å². The van der Waals surface area contributed by atoms with Crippen LogP contribution < -0.4 is 11.1 Å². The minimum absolute atomic E-state index is 0. The number of halogens is 2. The average molecular weight is 317 g/mol. The van der Waals surface area contributed by atoms with Gasteiger partial charge in [-0.1, -0.05) is 46.2 Å². The molecule has 0 fully saturated rings. The number of rotatable bonds is 6. The van der Waals surface area contributed by atoms with Crippen LogP contribution in [0.25, 0.3) is 0 Å². The standard InChI is InChI=1S/C16H25FN2O.ClH/c1-5-11(2)14(18)15(20)19-10-16(3,4)12-7-6-8-13(17)9-12;/h6-9,11,14H,5,10,18H2,1-4H3,(H,19,20);1H. The highest BCUT2D eigenvalue weighted by Crippen LogP contribution is 2.23. The number of carbonyl (C=O) groups is 1. The number of hydrogen-bond donors (Lipinski definition) is 2. The highest BCUT2D eigenvalue weighted by Gasteiger charge is 2.25. The fourth-order valence-electron chi connectivity index (χ4n) is 1.95. The molecule has 0 spiro atoms. The predicted molar refractivity (Wildman–Crippen MR) is 87.1 cm³/mol. The monoisotopic (exact) mass is 316 g/mol. The van der Waals surface area contributed by atoms with Crippen molar-refractivity contribution in [3.63, 3.8) is 0 Å². The fraction of sp³-hybridized carbons (Fsp3) is 0.562. The summed E-state index contributed by atoms with van der Waals surface area (Å²) in [5, 5.41) is 2.87. The minimum atomic E-state index is -0.497. The third-order valence-corrected chi connectivity index (χ3v) is 3.87. The molecule has 1 amide bonds. The summed E-state index contributed by atoms with van der Waals surface area (Å²) in [5.74, 6) is -0.269. The Balaban J connectivity index is 0.00000400. The second-order valence-electron chi connectivity index (χ2n) is 6.02. The lowest BCUT2D eigenvalue weighted by atomic mass is 9.84. The third kappa shape index (κ3) is 5.64. The Bertz CT molecular complexity index is 465. The van der Waals surface area contributed by atoms with E-state index in [-0.39, 0.29) is 35.5 Å². The molecule has 0 radical (unpaired) electrons. The van der Waals surface area contributed by atoms with Gasteiger partial charge in [0.15, 0.2) is 0 Å². The number of nitrogens with two attached hydrogens (primary N) is 1. The van der Waals surface area contributed by atoms with Gasteiger partial charge in [-0.3, -0.25) is 4.79 Å². The normalized spacial score (nSPS) is 14.0. The quantitative estimate of drug-likeness (QED) is 0.847. The number of amides is 1. The van der Waals surface area contributed by atoms with Gasteiger partial charge in [0, 0.05) is 12.0 Å². The zero-order chi connectivity index (χ0) is 15.3. The van der Waals surface area contributed by atoms with E-state index >= 15 is 0 Å². The molecule has 0 saturated heterocycles. The second-order valence-corrected chi connectivity index (χ2v) is 6.02. The molecule has 5 heteroatoms. The van der Waals surface area contributed by atoms with Crippen LogP contribution in [0.4, 0.5) is 4.39 Å². The van der Waals surface area contributed by atoms with Gasteiger partial charge in [-0.2, -0.15) is 0 Å². The molecule has 1 aromatic carbocycles. The third-order valence-electron chi connectivity index (χ3n) is 3.87. The summed E-state index contributed by atoms with van der Waals surface area (Å²) in [5.41, 5.74) is 6.41. The average Bonchev–Trinajstić information content (AvgIpc) is 2.43. The molecule has 3 nitrogen and oxygen atoms in total. The molecule has 0 bridgehead atoms. The van der Waals surface area contributed by atoms with Crippen LogP contribution in [0.3, 0.4) is 0 Å². The zero-order valence-electron chi connectivity index (χ0n) is 13.2. The Morgan fingerprint density at radius 1 is 1.43 bits per heavy atom. The minimum Gasteiger partial charge on any atom is -0.354 e. The SMILES string of the molecule is CCC(C)C(N)C(=O)NCC(C)(C)c1cccc(F)c1.Cl. The maximum absolute atomic E-state index is 13.3. The van der Waals surface area contributed by atoms with Crippen LogP contribution in [0.1, 0.15) is 39.7 Å². The fourth-order valence-corrected chi connectivity index (χ4v) is 1.95. The van der Waals surface area contributed by atoms with Crippen molar-refractivity contribution in [2.24, 2.45) is 11.7 Å². The van der Waals surface area contributed by atoms with Crippen LogP contribution in [-0.2, 0) is 10.2 Å². The van der Waals surface area contributed by atoms with Gasteiger partial charge in [0.25, 0.3) is 0 Å². The summed E-state index contributed by atoms with van der Waals surface area (Å²) in [6, 6.07) is 5.96. The summed E-state index contributed by atoms with van der Waals surface area (Å²) in [6.07, 6.45) is 0.863. The van der Waals surface area contributed by atoms with Crippen molar-refractivity contribution >= 4 is 18.3 Å². The van der Waals surface area contributed by atoms with E-state index in [0.29, 0.717) is 6.54 Å². The highest BCUT2D eigenvalue weighted by molar-refractivity contribution is 5.85. The highest BCUT2D eigenvalue weighted by atomic mass is 35.5. The Labute approximate surface area is 132 Å². The summed E-state index contributed by atoms with van der Waals surface area (Å²) in [7, 11) is 0. The van der Waals surface area contributed by atoms with E-state index in [0.717, 1.165) is 12.0 Å². The van der Waals surface area contributed by atoms with Gasteiger partial charge in [-0.25, -0.2) is 4.39 Å². The van der Waals surface area contributed by atoms with Gasteiger partial charge in [-0.05, 0) is 23.6 Å². The van der Waals surface area contributed by atoms with Crippen molar-refractivity contribution in [3.05, 3.63) is 35.6 Å². The molecular weight excluding hydrogens is 291 g/mol. The van der Waals surface area contributed by atoms with E-state index in [1.165, 1.54) is 12.1 Å². The van der Waals surface area contributed by atoms with Crippen LogP contribution >= 0.6 is 12.4 Å². The molecule has 0 aliphatic rings. The summed E-state index contributed by atoms with van der Waals surface area (Å²) < 4.78 is 13.3. The molecule has 0 aliphatic carbocycles. The van der Waals surface area contributed by atoms with Gasteiger partial charge in [0.05, 0.1) is 6.04 Å². The molecule has 21 heavy (non-hydrogen) atoms. The number of hydrogen-bond acceptors (Lipinski definition) is 2. The lowest BCUT2D eigenvalue weighted by Gasteiger charge is -2.27. The lowest BCUT2D eigenvalue weighted by molar-refractivity contribution is -0.123. The van der Waals surface area contributed by atoms with Crippen LogP contribution in [0.2, 0.25) is 0 Å². The number of nitrogens with one attached hydrogen (secondary N) is 1. The smallest absolute Gasteiger partial charge is 0.237 e. The molecule has 0 aromatic heterocycles. The van der Waals surface area contributed by atoms with Gasteiger partial charge in [-0.15, -0.1) is 12.4 Å². The molecule has 0 saturated carbocycles. The number of carbonyl (C=O) groups excluding carboxylic acids is 1. The van der Waals surface area contributed by atoms with E-state index < -0.39 is 6.04 Å². The molecule has 1 aromatic rings. The van der Waals surface area contributed by atoms with Crippen molar-refractivity contribution < 1.29 is 9.18 Å². The largest absolute Gasteiger partial charge is 0.354 e. The Kier molecular flexibility index (Phi) is 7.90. The molecule has 3 N–H and O–H groups in total. The molecule has 1 rings (SSSR count). The Morgan fingerprint density at radius 2 is 2.05 bits per heavy atom. The Morgan fingerprint density at radius 3 is 2.57 bits per heavy atom. The summed E-state index contributed by atoms with van der Waals surface area (Å²) in [4.78, 5) is 12.0. The van der Waals surface area contributed by atoms with E-state index in [2.05, 4.69) is 5.32 Å². The second kappa shape index (κ2) is 8.35.